The van der Waals surface area contributed by atoms with Gasteiger partial charge in [0.2, 0.25) is 0 Å². The number of hydrogen-bond donors (Lipinski definition) is 2. The Kier molecular flexibility index (Phi) is 3.85. The van der Waals surface area contributed by atoms with Crippen molar-refractivity contribution in [2.24, 2.45) is 0 Å². The minimum Gasteiger partial charge on any atom is -0.394 e. The SMILES string of the molecule is N#Cc1nnn(CC(O)CO)c1-c1ccccc1F. The van der Waals surface area contributed by atoms with Gasteiger partial charge in [0.05, 0.1) is 19.3 Å². The van der Waals surface area contributed by atoms with Gasteiger partial charge in [-0.3, -0.25) is 0 Å². The highest BCUT2D eigenvalue weighted by atomic mass is 19.1. The zero-order valence-electron chi connectivity index (χ0n) is 9.86. The van der Waals surface area contributed by atoms with Gasteiger partial charge in [-0.15, -0.1) is 5.10 Å². The van der Waals surface area contributed by atoms with E-state index in [0.29, 0.717) is 0 Å². The first-order valence-electron chi connectivity index (χ1n) is 5.54. The Balaban J connectivity index is 2.52. The zero-order valence-corrected chi connectivity index (χ0v) is 9.86. The highest BCUT2D eigenvalue weighted by Crippen LogP contribution is 2.24. The molecule has 0 aliphatic rings. The summed E-state index contributed by atoms with van der Waals surface area (Å²) in [4.78, 5) is 0. The van der Waals surface area contributed by atoms with Crippen LogP contribution in [0.1, 0.15) is 5.69 Å². The van der Waals surface area contributed by atoms with Crippen molar-refractivity contribution in [3.05, 3.63) is 35.8 Å². The van der Waals surface area contributed by atoms with E-state index < -0.39 is 18.5 Å². The molecule has 1 atom stereocenters. The molecule has 2 rings (SSSR count). The zero-order chi connectivity index (χ0) is 13.8. The van der Waals surface area contributed by atoms with Gasteiger partial charge in [-0.1, -0.05) is 17.3 Å². The molecule has 98 valence electrons. The molecule has 1 unspecified atom stereocenters. The molecule has 0 aliphatic carbocycles. The largest absolute Gasteiger partial charge is 0.394 e. The van der Waals surface area contributed by atoms with E-state index in [1.807, 2.05) is 6.07 Å². The Hall–Kier alpha value is -2.30. The van der Waals surface area contributed by atoms with Crippen LogP contribution in [0, 0.1) is 17.1 Å². The van der Waals surface area contributed by atoms with Gasteiger partial charge in [-0.2, -0.15) is 5.26 Å². The fraction of sp³-hybridized carbons (Fsp3) is 0.250. The molecule has 0 aliphatic heterocycles. The van der Waals surface area contributed by atoms with E-state index in [2.05, 4.69) is 10.3 Å². The topological polar surface area (TPSA) is 95.0 Å². The summed E-state index contributed by atoms with van der Waals surface area (Å²) < 4.78 is 15.0. The molecule has 0 bridgehead atoms. The number of nitrogens with zero attached hydrogens (tertiary/aromatic N) is 4. The first-order valence-corrected chi connectivity index (χ1v) is 5.54. The first-order chi connectivity index (χ1) is 9.17. The van der Waals surface area contributed by atoms with Crippen molar-refractivity contribution in [2.45, 2.75) is 12.6 Å². The number of rotatable bonds is 4. The summed E-state index contributed by atoms with van der Waals surface area (Å²) in [6.45, 7) is -0.534. The number of aromatic nitrogens is 3. The minimum atomic E-state index is -1.06. The Morgan fingerprint density at radius 1 is 1.42 bits per heavy atom. The van der Waals surface area contributed by atoms with E-state index in [0.717, 1.165) is 0 Å². The van der Waals surface area contributed by atoms with Crippen molar-refractivity contribution in [1.82, 2.24) is 15.0 Å². The predicted molar refractivity (Wildman–Crippen MR) is 63.2 cm³/mol. The third kappa shape index (κ3) is 2.59. The van der Waals surface area contributed by atoms with Gasteiger partial charge in [0, 0.05) is 5.56 Å². The van der Waals surface area contributed by atoms with Crippen LogP contribution in [0.15, 0.2) is 24.3 Å². The molecule has 0 fully saturated rings. The third-order valence-electron chi connectivity index (χ3n) is 2.56. The molecule has 0 saturated heterocycles. The maximum Gasteiger partial charge on any atom is 0.190 e. The number of halogens is 1. The molecule has 0 amide bonds. The lowest BCUT2D eigenvalue weighted by molar-refractivity contribution is 0.0782. The molecule has 0 spiro atoms. The molecule has 1 aromatic carbocycles. The minimum absolute atomic E-state index is 0.0322. The second-order valence-electron chi connectivity index (χ2n) is 3.90. The molecule has 1 heterocycles. The van der Waals surface area contributed by atoms with Gasteiger partial charge in [0.1, 0.15) is 17.6 Å². The highest BCUT2D eigenvalue weighted by Gasteiger charge is 2.19. The fourth-order valence-electron chi connectivity index (χ4n) is 1.69. The summed E-state index contributed by atoms with van der Waals surface area (Å²) in [5.41, 5.74) is 0.331. The van der Waals surface area contributed by atoms with E-state index >= 15 is 0 Å². The molecule has 2 N–H and O–H groups in total. The Bertz CT molecular complexity index is 620. The van der Waals surface area contributed by atoms with Crippen LogP contribution in [-0.4, -0.2) is 37.9 Å². The van der Waals surface area contributed by atoms with Gasteiger partial charge in [0.25, 0.3) is 0 Å². The van der Waals surface area contributed by atoms with E-state index in [-0.39, 0.29) is 23.5 Å². The summed E-state index contributed by atoms with van der Waals surface area (Å²) in [5.74, 6) is -0.513. The molecular formula is C12H11FN4O2. The molecule has 2 aromatic rings. The molecule has 1 aromatic heterocycles. The van der Waals surface area contributed by atoms with Crippen LogP contribution in [0.4, 0.5) is 4.39 Å². The monoisotopic (exact) mass is 262 g/mol. The second-order valence-corrected chi connectivity index (χ2v) is 3.90. The van der Waals surface area contributed by atoms with Crippen LogP contribution in [-0.2, 0) is 6.54 Å². The van der Waals surface area contributed by atoms with Crippen LogP contribution in [0.25, 0.3) is 11.3 Å². The summed E-state index contributed by atoms with van der Waals surface area (Å²) in [7, 11) is 0. The molecule has 0 saturated carbocycles. The second kappa shape index (κ2) is 5.56. The number of nitriles is 1. The van der Waals surface area contributed by atoms with Crippen molar-refractivity contribution >= 4 is 0 Å². The predicted octanol–water partition coefficient (Wildman–Crippen LogP) is 0.309. The highest BCUT2D eigenvalue weighted by molar-refractivity contribution is 5.65. The third-order valence-corrected chi connectivity index (χ3v) is 2.56. The van der Waals surface area contributed by atoms with Crippen molar-refractivity contribution in [2.75, 3.05) is 6.61 Å². The smallest absolute Gasteiger partial charge is 0.190 e. The lowest BCUT2D eigenvalue weighted by Crippen LogP contribution is -2.21. The van der Waals surface area contributed by atoms with Crippen molar-refractivity contribution < 1.29 is 14.6 Å². The van der Waals surface area contributed by atoms with Crippen LogP contribution in [0.5, 0.6) is 0 Å². The van der Waals surface area contributed by atoms with Crippen molar-refractivity contribution in [1.29, 1.82) is 5.26 Å². The van der Waals surface area contributed by atoms with Gasteiger partial charge < -0.3 is 10.2 Å². The van der Waals surface area contributed by atoms with Crippen molar-refractivity contribution in [3.8, 4) is 17.3 Å². The molecule has 7 heteroatoms. The Morgan fingerprint density at radius 2 is 2.16 bits per heavy atom. The standard InChI is InChI=1S/C12H11FN4O2/c13-10-4-2-1-3-9(10)12-11(5-14)15-16-17(12)6-8(19)7-18/h1-4,8,18-19H,6-7H2. The fourth-order valence-corrected chi connectivity index (χ4v) is 1.69. The summed E-state index contributed by atoms with van der Waals surface area (Å²) in [6, 6.07) is 7.74. The molecule has 0 radical (unpaired) electrons. The number of hydrogen-bond acceptors (Lipinski definition) is 5. The maximum atomic E-state index is 13.8. The quantitative estimate of drug-likeness (QED) is 0.826. The van der Waals surface area contributed by atoms with E-state index in [9.17, 15) is 9.50 Å². The maximum absolute atomic E-state index is 13.8. The lowest BCUT2D eigenvalue weighted by atomic mass is 10.1. The van der Waals surface area contributed by atoms with E-state index in [4.69, 9.17) is 10.4 Å². The first kappa shape index (κ1) is 13.1. The van der Waals surface area contributed by atoms with Gasteiger partial charge >= 0.3 is 0 Å². The number of aliphatic hydroxyl groups is 2. The number of aliphatic hydroxyl groups excluding tert-OH is 2. The van der Waals surface area contributed by atoms with Crippen LogP contribution < -0.4 is 0 Å². The van der Waals surface area contributed by atoms with Crippen LogP contribution in [0.3, 0.4) is 0 Å². The molecule has 6 nitrogen and oxygen atoms in total. The molecular weight excluding hydrogens is 251 g/mol. The van der Waals surface area contributed by atoms with Gasteiger partial charge in [-0.05, 0) is 12.1 Å². The summed E-state index contributed by atoms with van der Waals surface area (Å²) in [6.07, 6.45) is -1.06. The van der Waals surface area contributed by atoms with Crippen LogP contribution >= 0.6 is 0 Å². The average molecular weight is 262 g/mol. The average Bonchev–Trinajstić information content (AvgIpc) is 2.82. The van der Waals surface area contributed by atoms with Gasteiger partial charge in [-0.25, -0.2) is 9.07 Å². The van der Waals surface area contributed by atoms with E-state index in [1.165, 1.54) is 22.9 Å². The van der Waals surface area contributed by atoms with Gasteiger partial charge in [0.15, 0.2) is 5.69 Å². The van der Waals surface area contributed by atoms with E-state index in [1.54, 1.807) is 6.07 Å². The Labute approximate surface area is 108 Å². The summed E-state index contributed by atoms with van der Waals surface area (Å²) >= 11 is 0. The normalized spacial score (nSPS) is 12.1. The number of benzene rings is 1. The summed E-state index contributed by atoms with van der Waals surface area (Å²) in [5, 5.41) is 34.6. The molecule has 19 heavy (non-hydrogen) atoms. The lowest BCUT2D eigenvalue weighted by Gasteiger charge is -2.10. The van der Waals surface area contributed by atoms with Crippen molar-refractivity contribution in [3.63, 3.8) is 0 Å². The van der Waals surface area contributed by atoms with Crippen LogP contribution in [0.2, 0.25) is 0 Å². The Morgan fingerprint density at radius 3 is 2.79 bits per heavy atom.